The van der Waals surface area contributed by atoms with Gasteiger partial charge in [0, 0.05) is 11.6 Å². The van der Waals surface area contributed by atoms with Gasteiger partial charge >= 0.3 is 0 Å². The van der Waals surface area contributed by atoms with Gasteiger partial charge in [-0.1, -0.05) is 17.7 Å². The van der Waals surface area contributed by atoms with Crippen molar-refractivity contribution < 1.29 is 13.9 Å². The van der Waals surface area contributed by atoms with Crippen LogP contribution in [-0.4, -0.2) is 25.3 Å². The van der Waals surface area contributed by atoms with Crippen molar-refractivity contribution in [2.24, 2.45) is 0 Å². The molecule has 5 nitrogen and oxygen atoms in total. The van der Waals surface area contributed by atoms with E-state index < -0.39 is 11.6 Å². The minimum absolute atomic E-state index is 0.0121. The van der Waals surface area contributed by atoms with Crippen molar-refractivity contribution in [2.45, 2.75) is 6.61 Å². The predicted octanol–water partition coefficient (Wildman–Crippen LogP) is 4.04. The van der Waals surface area contributed by atoms with Crippen molar-refractivity contribution in [3.05, 3.63) is 58.6 Å². The smallest absolute Gasteiger partial charge is 0.156 e. The number of nitrogens with one attached hydrogen (secondary N) is 2. The van der Waals surface area contributed by atoms with Crippen LogP contribution in [0.5, 0.6) is 0 Å². The summed E-state index contributed by atoms with van der Waals surface area (Å²) in [6.45, 7) is -0.235. The van der Waals surface area contributed by atoms with E-state index >= 15 is 0 Å². The molecular weight excluding hydrogens is 350 g/mol. The van der Waals surface area contributed by atoms with Crippen molar-refractivity contribution in [2.75, 3.05) is 0 Å². The number of benzene rings is 2. The molecule has 4 aromatic rings. The maximum Gasteiger partial charge on any atom is 0.156 e. The van der Waals surface area contributed by atoms with Gasteiger partial charge in [0.15, 0.2) is 5.82 Å². The summed E-state index contributed by atoms with van der Waals surface area (Å²) in [7, 11) is 0. The molecule has 0 amide bonds. The quantitative estimate of drug-likeness (QED) is 0.516. The lowest BCUT2D eigenvalue weighted by Crippen LogP contribution is -1.89. The molecule has 0 atom stereocenters. The number of fused-ring (bicyclic) bond motifs is 1. The van der Waals surface area contributed by atoms with E-state index in [-0.39, 0.29) is 11.6 Å². The molecule has 8 heteroatoms. The highest BCUT2D eigenvalue weighted by Gasteiger charge is 2.14. The molecule has 2 aromatic carbocycles. The number of hydrogen-bond acceptors (Lipinski definition) is 3. The largest absolute Gasteiger partial charge is 0.392 e. The van der Waals surface area contributed by atoms with Gasteiger partial charge < -0.3 is 10.1 Å². The third kappa shape index (κ3) is 2.77. The molecule has 0 radical (unpaired) electrons. The molecule has 3 N–H and O–H groups in total. The topological polar surface area (TPSA) is 77.6 Å². The van der Waals surface area contributed by atoms with E-state index in [1.54, 1.807) is 18.2 Å². The molecule has 0 bridgehead atoms. The number of aliphatic hydroxyl groups excluding tert-OH is 1. The molecule has 4 rings (SSSR count). The number of aromatic amines is 2. The second kappa shape index (κ2) is 5.94. The fraction of sp³-hybridized carbons (Fsp3) is 0.0588. The molecule has 0 fully saturated rings. The Labute approximate surface area is 145 Å². The second-order valence-corrected chi connectivity index (χ2v) is 5.92. The lowest BCUT2D eigenvalue weighted by molar-refractivity contribution is 0.281. The summed E-state index contributed by atoms with van der Waals surface area (Å²) in [5.41, 5.74) is 2.69. The number of nitrogens with zero attached hydrogens (tertiary/aromatic N) is 2. The van der Waals surface area contributed by atoms with Gasteiger partial charge in [-0.25, -0.2) is 13.8 Å². The van der Waals surface area contributed by atoms with Gasteiger partial charge in [-0.3, -0.25) is 5.10 Å². The molecule has 0 spiro atoms. The van der Waals surface area contributed by atoms with E-state index in [0.717, 1.165) is 0 Å². The van der Waals surface area contributed by atoms with Crippen molar-refractivity contribution in [3.8, 4) is 22.8 Å². The number of aliphatic hydroxyl groups is 1. The molecule has 0 saturated heterocycles. The van der Waals surface area contributed by atoms with E-state index in [9.17, 15) is 8.78 Å². The van der Waals surface area contributed by atoms with Crippen LogP contribution in [0.4, 0.5) is 8.78 Å². The first-order valence-electron chi connectivity index (χ1n) is 7.35. The number of rotatable bonds is 3. The monoisotopic (exact) mass is 360 g/mol. The third-order valence-corrected chi connectivity index (χ3v) is 4.14. The van der Waals surface area contributed by atoms with Crippen molar-refractivity contribution in [1.82, 2.24) is 20.2 Å². The zero-order valence-electron chi connectivity index (χ0n) is 12.6. The number of H-pyrrole nitrogens is 2. The summed E-state index contributed by atoms with van der Waals surface area (Å²) >= 11 is 5.76. The summed E-state index contributed by atoms with van der Waals surface area (Å²) in [6.07, 6.45) is 0. The van der Waals surface area contributed by atoms with E-state index in [4.69, 9.17) is 16.7 Å². The number of aromatic nitrogens is 4. The zero-order chi connectivity index (χ0) is 17.6. The Hall–Kier alpha value is -2.77. The minimum atomic E-state index is -0.541. The highest BCUT2D eigenvalue weighted by molar-refractivity contribution is 6.31. The van der Waals surface area contributed by atoms with Crippen LogP contribution in [0.15, 0.2) is 36.4 Å². The highest BCUT2D eigenvalue weighted by Crippen LogP contribution is 2.28. The Bertz CT molecular complexity index is 1050. The van der Waals surface area contributed by atoms with E-state index in [1.165, 1.54) is 18.2 Å². The Kier molecular flexibility index (Phi) is 3.74. The van der Waals surface area contributed by atoms with Crippen molar-refractivity contribution in [3.63, 3.8) is 0 Å². The molecule has 2 aromatic heterocycles. The minimum Gasteiger partial charge on any atom is -0.392 e. The van der Waals surface area contributed by atoms with Gasteiger partial charge in [-0.05, 0) is 29.8 Å². The molecule has 0 unspecified atom stereocenters. The fourth-order valence-electron chi connectivity index (χ4n) is 2.58. The number of hydrogen-bond donors (Lipinski definition) is 3. The summed E-state index contributed by atoms with van der Waals surface area (Å²) < 4.78 is 27.7. The Morgan fingerprint density at radius 3 is 2.68 bits per heavy atom. The normalized spacial score (nSPS) is 11.4. The highest BCUT2D eigenvalue weighted by atomic mass is 35.5. The fourth-order valence-corrected chi connectivity index (χ4v) is 2.74. The van der Waals surface area contributed by atoms with E-state index in [1.807, 2.05) is 0 Å². The van der Waals surface area contributed by atoms with Crippen LogP contribution in [0.25, 0.3) is 33.8 Å². The third-order valence-electron chi connectivity index (χ3n) is 3.85. The average molecular weight is 361 g/mol. The van der Waals surface area contributed by atoms with Crippen LogP contribution in [0, 0.1) is 11.6 Å². The number of halogens is 3. The maximum absolute atomic E-state index is 14.1. The van der Waals surface area contributed by atoms with E-state index in [2.05, 4.69) is 20.2 Å². The van der Waals surface area contributed by atoms with Crippen LogP contribution < -0.4 is 0 Å². The predicted molar refractivity (Wildman–Crippen MR) is 90.0 cm³/mol. The lowest BCUT2D eigenvalue weighted by atomic mass is 10.1. The molecule has 0 aliphatic heterocycles. The maximum atomic E-state index is 14.1. The molecule has 0 aliphatic rings. The van der Waals surface area contributed by atoms with Gasteiger partial charge in [0.05, 0.1) is 28.4 Å². The summed E-state index contributed by atoms with van der Waals surface area (Å²) in [6, 6.07) is 8.76. The van der Waals surface area contributed by atoms with Crippen molar-refractivity contribution in [1.29, 1.82) is 0 Å². The van der Waals surface area contributed by atoms with Gasteiger partial charge in [0.1, 0.15) is 17.3 Å². The first-order valence-corrected chi connectivity index (χ1v) is 7.73. The van der Waals surface area contributed by atoms with Crippen LogP contribution >= 0.6 is 11.6 Å². The van der Waals surface area contributed by atoms with Crippen LogP contribution in [0.3, 0.4) is 0 Å². The molecule has 0 saturated carbocycles. The molecular formula is C17H11ClF2N4O. The first kappa shape index (κ1) is 15.7. The van der Waals surface area contributed by atoms with Crippen LogP contribution in [-0.2, 0) is 6.61 Å². The molecule has 2 heterocycles. The summed E-state index contributed by atoms with van der Waals surface area (Å²) in [5.74, 6) is -0.591. The zero-order valence-corrected chi connectivity index (χ0v) is 13.4. The van der Waals surface area contributed by atoms with E-state index in [0.29, 0.717) is 39.4 Å². The second-order valence-electron chi connectivity index (χ2n) is 5.51. The van der Waals surface area contributed by atoms with Crippen LogP contribution in [0.1, 0.15) is 5.56 Å². The lowest BCUT2D eigenvalue weighted by Gasteiger charge is -2.01. The Morgan fingerprint density at radius 1 is 1.08 bits per heavy atom. The SMILES string of the molecule is OCc1ccc(-c2cc(-c3nc4cc(Cl)c(F)cc4[nH]3)[nH]n2)c(F)c1. The molecule has 126 valence electrons. The summed E-state index contributed by atoms with van der Waals surface area (Å²) in [4.78, 5) is 7.31. The summed E-state index contributed by atoms with van der Waals surface area (Å²) in [5, 5.41) is 15.9. The van der Waals surface area contributed by atoms with Gasteiger partial charge in [-0.15, -0.1) is 0 Å². The Balaban J connectivity index is 1.74. The molecule has 25 heavy (non-hydrogen) atoms. The molecule has 0 aliphatic carbocycles. The van der Waals surface area contributed by atoms with Crippen molar-refractivity contribution >= 4 is 22.6 Å². The first-order chi connectivity index (χ1) is 12.0. The van der Waals surface area contributed by atoms with Gasteiger partial charge in [0.25, 0.3) is 0 Å². The number of imidazole rings is 1. The Morgan fingerprint density at radius 2 is 1.92 bits per heavy atom. The van der Waals surface area contributed by atoms with Gasteiger partial charge in [-0.2, -0.15) is 5.10 Å². The van der Waals surface area contributed by atoms with Crippen LogP contribution in [0.2, 0.25) is 5.02 Å². The average Bonchev–Trinajstić information content (AvgIpc) is 3.22. The van der Waals surface area contributed by atoms with Gasteiger partial charge in [0.2, 0.25) is 0 Å². The standard InChI is InChI=1S/C17H11ClF2N4O/c18-10-4-14-15(5-12(10)20)22-17(21-14)16-6-13(23-24-16)9-2-1-8(7-25)3-11(9)19/h1-6,25H,7H2,(H,21,22)(H,23,24).